The van der Waals surface area contributed by atoms with Gasteiger partial charge in [-0.3, -0.25) is 4.79 Å². The van der Waals surface area contributed by atoms with E-state index in [-0.39, 0.29) is 5.91 Å². The van der Waals surface area contributed by atoms with Crippen LogP contribution in [0.5, 0.6) is 0 Å². The topological polar surface area (TPSA) is 46.3 Å². The maximum Gasteiger partial charge on any atom is 0.231 e. The van der Waals surface area contributed by atoms with E-state index in [1.54, 1.807) is 17.0 Å². The van der Waals surface area contributed by atoms with Crippen LogP contribution in [0.4, 0.5) is 11.4 Å². The first-order chi connectivity index (χ1) is 10.0. The number of anilines is 2. The molecule has 1 aliphatic heterocycles. The van der Waals surface area contributed by atoms with Crippen molar-refractivity contribution in [2.75, 3.05) is 17.2 Å². The first-order valence-corrected chi connectivity index (χ1v) is 7.43. The SMILES string of the molecule is Nc1ccc2c(c1)CCN2C(=O)Cc1ccc(Cl)c(Cl)c1. The number of fused-ring (bicyclic) bond motifs is 1. The maximum atomic E-state index is 12.5. The van der Waals surface area contributed by atoms with Gasteiger partial charge in [0.15, 0.2) is 0 Å². The second kappa shape index (κ2) is 5.58. The summed E-state index contributed by atoms with van der Waals surface area (Å²) in [6.07, 6.45) is 1.15. The van der Waals surface area contributed by atoms with E-state index in [0.717, 1.165) is 28.9 Å². The molecule has 1 aliphatic rings. The summed E-state index contributed by atoms with van der Waals surface area (Å²) in [4.78, 5) is 14.3. The van der Waals surface area contributed by atoms with Crippen molar-refractivity contribution in [3.05, 3.63) is 57.6 Å². The monoisotopic (exact) mass is 320 g/mol. The molecule has 0 fully saturated rings. The molecule has 0 saturated heterocycles. The summed E-state index contributed by atoms with van der Waals surface area (Å²) < 4.78 is 0. The molecule has 0 spiro atoms. The number of nitrogens with two attached hydrogens (primary N) is 1. The second-order valence-electron chi connectivity index (χ2n) is 5.11. The first kappa shape index (κ1) is 14.2. The number of hydrogen-bond acceptors (Lipinski definition) is 2. The van der Waals surface area contributed by atoms with Crippen LogP contribution in [0.2, 0.25) is 10.0 Å². The Morgan fingerprint density at radius 3 is 2.71 bits per heavy atom. The van der Waals surface area contributed by atoms with Crippen LogP contribution in [-0.4, -0.2) is 12.5 Å². The summed E-state index contributed by atoms with van der Waals surface area (Å²) in [6, 6.07) is 10.9. The molecular formula is C16H14Cl2N2O. The van der Waals surface area contributed by atoms with E-state index in [1.807, 2.05) is 24.3 Å². The standard InChI is InChI=1S/C16H14Cl2N2O/c17-13-3-1-10(7-14(13)18)8-16(21)20-6-5-11-9-12(19)2-4-15(11)20/h1-4,7,9H,5-6,8,19H2. The highest BCUT2D eigenvalue weighted by molar-refractivity contribution is 6.42. The molecule has 0 aliphatic carbocycles. The lowest BCUT2D eigenvalue weighted by Gasteiger charge is -2.17. The van der Waals surface area contributed by atoms with Crippen LogP contribution in [0.1, 0.15) is 11.1 Å². The minimum absolute atomic E-state index is 0.0527. The predicted molar refractivity (Wildman–Crippen MR) is 87.1 cm³/mol. The third-order valence-corrected chi connectivity index (χ3v) is 4.38. The molecule has 21 heavy (non-hydrogen) atoms. The van der Waals surface area contributed by atoms with Gasteiger partial charge in [0.25, 0.3) is 0 Å². The van der Waals surface area contributed by atoms with Gasteiger partial charge in [0.1, 0.15) is 0 Å². The van der Waals surface area contributed by atoms with Crippen molar-refractivity contribution in [3.63, 3.8) is 0 Å². The zero-order chi connectivity index (χ0) is 15.0. The molecule has 1 heterocycles. The highest BCUT2D eigenvalue weighted by Crippen LogP contribution is 2.30. The number of rotatable bonds is 2. The fourth-order valence-electron chi connectivity index (χ4n) is 2.60. The fraction of sp³-hybridized carbons (Fsp3) is 0.188. The van der Waals surface area contributed by atoms with Gasteiger partial charge in [-0.15, -0.1) is 0 Å². The van der Waals surface area contributed by atoms with E-state index in [4.69, 9.17) is 28.9 Å². The van der Waals surface area contributed by atoms with Crippen molar-refractivity contribution in [3.8, 4) is 0 Å². The molecule has 2 N–H and O–H groups in total. The summed E-state index contributed by atoms with van der Waals surface area (Å²) in [7, 11) is 0. The minimum atomic E-state index is 0.0527. The number of halogens is 2. The van der Waals surface area contributed by atoms with E-state index in [9.17, 15) is 4.79 Å². The van der Waals surface area contributed by atoms with Crippen molar-refractivity contribution >= 4 is 40.5 Å². The molecule has 0 radical (unpaired) electrons. The number of carbonyl (C=O) groups excluding carboxylic acids is 1. The molecule has 3 rings (SSSR count). The van der Waals surface area contributed by atoms with Crippen LogP contribution in [0.25, 0.3) is 0 Å². The second-order valence-corrected chi connectivity index (χ2v) is 5.92. The minimum Gasteiger partial charge on any atom is -0.399 e. The lowest BCUT2D eigenvalue weighted by molar-refractivity contribution is -0.117. The van der Waals surface area contributed by atoms with Gasteiger partial charge in [-0.05, 0) is 47.9 Å². The van der Waals surface area contributed by atoms with Gasteiger partial charge in [0.2, 0.25) is 5.91 Å². The van der Waals surface area contributed by atoms with Crippen molar-refractivity contribution in [1.82, 2.24) is 0 Å². The van der Waals surface area contributed by atoms with E-state index >= 15 is 0 Å². The molecule has 108 valence electrons. The quantitative estimate of drug-likeness (QED) is 0.857. The molecule has 1 amide bonds. The summed E-state index contributed by atoms with van der Waals surface area (Å²) in [5.74, 6) is 0.0527. The van der Waals surface area contributed by atoms with Crippen molar-refractivity contribution in [2.24, 2.45) is 0 Å². The third-order valence-electron chi connectivity index (χ3n) is 3.64. The van der Waals surface area contributed by atoms with Crippen LogP contribution in [-0.2, 0) is 17.6 Å². The number of carbonyl (C=O) groups is 1. The normalized spacial score (nSPS) is 13.3. The number of amides is 1. The van der Waals surface area contributed by atoms with Crippen molar-refractivity contribution in [2.45, 2.75) is 12.8 Å². The molecule has 2 aromatic carbocycles. The van der Waals surface area contributed by atoms with E-state index < -0.39 is 0 Å². The van der Waals surface area contributed by atoms with E-state index in [1.165, 1.54) is 0 Å². The highest BCUT2D eigenvalue weighted by Gasteiger charge is 2.24. The molecule has 0 aromatic heterocycles. The van der Waals surface area contributed by atoms with Crippen LogP contribution in [0, 0.1) is 0 Å². The average molecular weight is 321 g/mol. The molecule has 0 saturated carbocycles. The molecule has 5 heteroatoms. The zero-order valence-corrected chi connectivity index (χ0v) is 12.8. The number of benzene rings is 2. The van der Waals surface area contributed by atoms with Gasteiger partial charge in [0.05, 0.1) is 16.5 Å². The Kier molecular flexibility index (Phi) is 3.79. The summed E-state index contributed by atoms with van der Waals surface area (Å²) in [6.45, 7) is 0.693. The summed E-state index contributed by atoms with van der Waals surface area (Å²) in [5.41, 5.74) is 9.44. The summed E-state index contributed by atoms with van der Waals surface area (Å²) in [5, 5.41) is 0.964. The smallest absolute Gasteiger partial charge is 0.231 e. The molecule has 0 bridgehead atoms. The van der Waals surface area contributed by atoms with Crippen LogP contribution in [0.15, 0.2) is 36.4 Å². The van der Waals surface area contributed by atoms with Crippen LogP contribution < -0.4 is 10.6 Å². The fourth-order valence-corrected chi connectivity index (χ4v) is 2.92. The lowest BCUT2D eigenvalue weighted by Crippen LogP contribution is -2.30. The third kappa shape index (κ3) is 2.85. The largest absolute Gasteiger partial charge is 0.399 e. The zero-order valence-electron chi connectivity index (χ0n) is 11.3. The van der Waals surface area contributed by atoms with Crippen molar-refractivity contribution in [1.29, 1.82) is 0 Å². The Morgan fingerprint density at radius 2 is 1.95 bits per heavy atom. The predicted octanol–water partition coefficient (Wildman–Crippen LogP) is 3.71. The number of nitrogen functional groups attached to an aromatic ring is 1. The Labute approximate surface area is 133 Å². The molecule has 3 nitrogen and oxygen atoms in total. The number of hydrogen-bond donors (Lipinski definition) is 1. The van der Waals surface area contributed by atoms with Crippen molar-refractivity contribution < 1.29 is 4.79 Å². The van der Waals surface area contributed by atoms with Gasteiger partial charge in [-0.25, -0.2) is 0 Å². The van der Waals surface area contributed by atoms with Gasteiger partial charge in [0, 0.05) is 17.9 Å². The molecule has 0 atom stereocenters. The number of nitrogens with zero attached hydrogens (tertiary/aromatic N) is 1. The van der Waals surface area contributed by atoms with Gasteiger partial charge in [-0.2, -0.15) is 0 Å². The van der Waals surface area contributed by atoms with Crippen LogP contribution in [0.3, 0.4) is 0 Å². The molecule has 0 unspecified atom stereocenters. The van der Waals surface area contributed by atoms with E-state index in [2.05, 4.69) is 0 Å². The molecular weight excluding hydrogens is 307 g/mol. The Morgan fingerprint density at radius 1 is 1.14 bits per heavy atom. The van der Waals surface area contributed by atoms with Gasteiger partial charge < -0.3 is 10.6 Å². The van der Waals surface area contributed by atoms with Gasteiger partial charge >= 0.3 is 0 Å². The molecule has 2 aromatic rings. The van der Waals surface area contributed by atoms with Gasteiger partial charge in [-0.1, -0.05) is 29.3 Å². The maximum absolute atomic E-state index is 12.5. The average Bonchev–Trinajstić information content (AvgIpc) is 2.85. The Bertz CT molecular complexity index is 715. The Hall–Kier alpha value is -1.71. The van der Waals surface area contributed by atoms with E-state index in [0.29, 0.717) is 23.0 Å². The Balaban J connectivity index is 1.80. The first-order valence-electron chi connectivity index (χ1n) is 6.67. The highest BCUT2D eigenvalue weighted by atomic mass is 35.5. The van der Waals surface area contributed by atoms with Crippen LogP contribution >= 0.6 is 23.2 Å². The summed E-state index contributed by atoms with van der Waals surface area (Å²) >= 11 is 11.9. The lowest BCUT2D eigenvalue weighted by atomic mass is 10.1.